The number of esters is 1. The van der Waals surface area contributed by atoms with Crippen molar-refractivity contribution in [2.45, 2.75) is 44.7 Å². The smallest absolute Gasteiger partial charge is 0.338 e. The van der Waals surface area contributed by atoms with E-state index < -0.39 is 0 Å². The van der Waals surface area contributed by atoms with Crippen molar-refractivity contribution in [1.29, 1.82) is 0 Å². The van der Waals surface area contributed by atoms with Crippen LogP contribution >= 0.6 is 11.8 Å². The summed E-state index contributed by atoms with van der Waals surface area (Å²) in [6.07, 6.45) is 2.07. The molecule has 0 saturated heterocycles. The molecule has 1 aromatic heterocycles. The fourth-order valence-corrected chi connectivity index (χ4v) is 2.24. The lowest BCUT2D eigenvalue weighted by Gasteiger charge is -2.14. The number of carbonyl (C=O) groups is 1. The van der Waals surface area contributed by atoms with Gasteiger partial charge in [-0.1, -0.05) is 13.8 Å². The topological polar surface area (TPSA) is 51.2 Å². The van der Waals surface area contributed by atoms with Gasteiger partial charge in [-0.15, -0.1) is 11.8 Å². The third-order valence-corrected chi connectivity index (χ3v) is 3.80. The molecule has 19 heavy (non-hydrogen) atoms. The predicted octanol–water partition coefficient (Wildman–Crippen LogP) is 3.58. The summed E-state index contributed by atoms with van der Waals surface area (Å²) in [5.74, 6) is 1.39. The van der Waals surface area contributed by atoms with E-state index in [1.807, 2.05) is 0 Å². The Bertz CT molecular complexity index is 424. The normalized spacial score (nSPS) is 12.0. The summed E-state index contributed by atoms with van der Waals surface area (Å²) in [6.45, 7) is 6.31. The SMILES string of the molecule is CCCSc1cc(C(=O)OC)cc(N[C@@H](C)CC)n1. The van der Waals surface area contributed by atoms with Crippen LogP contribution in [0.15, 0.2) is 17.2 Å². The quantitative estimate of drug-likeness (QED) is 0.612. The first kappa shape index (κ1) is 15.8. The molecule has 0 fully saturated rings. The van der Waals surface area contributed by atoms with Gasteiger partial charge < -0.3 is 10.1 Å². The molecule has 1 heterocycles. The molecule has 0 aliphatic carbocycles. The summed E-state index contributed by atoms with van der Waals surface area (Å²) >= 11 is 1.65. The molecule has 4 nitrogen and oxygen atoms in total. The van der Waals surface area contributed by atoms with Gasteiger partial charge in [0.1, 0.15) is 5.82 Å². The van der Waals surface area contributed by atoms with E-state index in [0.717, 1.165) is 29.4 Å². The van der Waals surface area contributed by atoms with Gasteiger partial charge in [-0.2, -0.15) is 0 Å². The maximum atomic E-state index is 11.7. The fraction of sp³-hybridized carbons (Fsp3) is 0.571. The van der Waals surface area contributed by atoms with Crippen LogP contribution in [0.4, 0.5) is 5.82 Å². The molecule has 0 amide bonds. The number of nitrogens with zero attached hydrogens (tertiary/aromatic N) is 1. The molecule has 0 spiro atoms. The Kier molecular flexibility index (Phi) is 6.70. The van der Waals surface area contributed by atoms with Gasteiger partial charge in [0.15, 0.2) is 0 Å². The average Bonchev–Trinajstić information content (AvgIpc) is 2.43. The van der Waals surface area contributed by atoms with Crippen LogP contribution in [0.2, 0.25) is 0 Å². The second-order valence-electron chi connectivity index (χ2n) is 4.37. The van der Waals surface area contributed by atoms with E-state index in [2.05, 4.69) is 31.1 Å². The number of rotatable bonds is 7. The van der Waals surface area contributed by atoms with Crippen LogP contribution in [-0.2, 0) is 4.74 Å². The molecular formula is C14H22N2O2S. The van der Waals surface area contributed by atoms with Gasteiger partial charge in [0.25, 0.3) is 0 Å². The van der Waals surface area contributed by atoms with E-state index in [1.54, 1.807) is 23.9 Å². The maximum Gasteiger partial charge on any atom is 0.338 e. The Morgan fingerprint density at radius 2 is 2.21 bits per heavy atom. The molecule has 0 aliphatic rings. The third kappa shape index (κ3) is 5.11. The highest BCUT2D eigenvalue weighted by Gasteiger charge is 2.11. The summed E-state index contributed by atoms with van der Waals surface area (Å²) in [5.41, 5.74) is 0.543. The highest BCUT2D eigenvalue weighted by molar-refractivity contribution is 7.99. The van der Waals surface area contributed by atoms with Gasteiger partial charge in [-0.25, -0.2) is 9.78 Å². The number of nitrogens with one attached hydrogen (secondary N) is 1. The molecule has 1 atom stereocenters. The Morgan fingerprint density at radius 1 is 1.47 bits per heavy atom. The van der Waals surface area contributed by atoms with Crippen molar-refractivity contribution in [2.24, 2.45) is 0 Å². The minimum Gasteiger partial charge on any atom is -0.465 e. The molecule has 1 N–H and O–H groups in total. The van der Waals surface area contributed by atoms with Gasteiger partial charge in [0.05, 0.1) is 17.7 Å². The Morgan fingerprint density at radius 3 is 2.79 bits per heavy atom. The van der Waals surface area contributed by atoms with Crippen molar-refractivity contribution >= 4 is 23.5 Å². The number of anilines is 1. The summed E-state index contributed by atoms with van der Waals surface area (Å²) in [7, 11) is 1.39. The Hall–Kier alpha value is -1.23. The summed E-state index contributed by atoms with van der Waals surface area (Å²) in [6, 6.07) is 3.85. The second-order valence-corrected chi connectivity index (χ2v) is 5.49. The minimum absolute atomic E-state index is 0.324. The van der Waals surface area contributed by atoms with Gasteiger partial charge in [0, 0.05) is 6.04 Å². The largest absolute Gasteiger partial charge is 0.465 e. The van der Waals surface area contributed by atoms with Crippen LogP contribution in [0.5, 0.6) is 0 Å². The number of pyridine rings is 1. The van der Waals surface area contributed by atoms with Crippen molar-refractivity contribution in [3.8, 4) is 0 Å². The van der Waals surface area contributed by atoms with Gasteiger partial charge >= 0.3 is 5.97 Å². The lowest BCUT2D eigenvalue weighted by Crippen LogP contribution is -2.15. The zero-order valence-electron chi connectivity index (χ0n) is 12.0. The van der Waals surface area contributed by atoms with E-state index in [-0.39, 0.29) is 5.97 Å². The van der Waals surface area contributed by atoms with E-state index in [1.165, 1.54) is 7.11 Å². The van der Waals surface area contributed by atoms with Crippen LogP contribution in [0.1, 0.15) is 44.0 Å². The number of methoxy groups -OCH3 is 1. The molecule has 1 aromatic rings. The number of hydrogen-bond donors (Lipinski definition) is 1. The van der Waals surface area contributed by atoms with Crippen molar-refractivity contribution in [3.05, 3.63) is 17.7 Å². The Balaban J connectivity index is 2.97. The number of ether oxygens (including phenoxy) is 1. The van der Waals surface area contributed by atoms with E-state index in [4.69, 9.17) is 4.74 Å². The predicted molar refractivity (Wildman–Crippen MR) is 80.0 cm³/mol. The van der Waals surface area contributed by atoms with Crippen LogP contribution in [0, 0.1) is 0 Å². The molecular weight excluding hydrogens is 260 g/mol. The molecule has 106 valence electrons. The monoisotopic (exact) mass is 282 g/mol. The molecule has 5 heteroatoms. The Labute approximate surface area is 119 Å². The van der Waals surface area contributed by atoms with Crippen LogP contribution in [0.3, 0.4) is 0 Å². The summed E-state index contributed by atoms with van der Waals surface area (Å²) < 4.78 is 4.78. The number of hydrogen-bond acceptors (Lipinski definition) is 5. The van der Waals surface area contributed by atoms with Crippen molar-refractivity contribution in [1.82, 2.24) is 4.98 Å². The maximum absolute atomic E-state index is 11.7. The number of thioether (sulfide) groups is 1. The molecule has 0 aliphatic heterocycles. The zero-order valence-corrected chi connectivity index (χ0v) is 12.8. The third-order valence-electron chi connectivity index (χ3n) is 2.68. The lowest BCUT2D eigenvalue weighted by atomic mass is 10.2. The van der Waals surface area contributed by atoms with Gasteiger partial charge in [-0.05, 0) is 37.7 Å². The minimum atomic E-state index is -0.326. The average molecular weight is 282 g/mol. The zero-order chi connectivity index (χ0) is 14.3. The van der Waals surface area contributed by atoms with E-state index in [9.17, 15) is 4.79 Å². The number of aromatic nitrogens is 1. The molecule has 1 rings (SSSR count). The number of carbonyl (C=O) groups excluding carboxylic acids is 1. The molecule has 0 aromatic carbocycles. The molecule has 0 unspecified atom stereocenters. The lowest BCUT2D eigenvalue weighted by molar-refractivity contribution is 0.0600. The van der Waals surface area contributed by atoms with E-state index >= 15 is 0 Å². The molecule has 0 bridgehead atoms. The van der Waals surface area contributed by atoms with Crippen molar-refractivity contribution < 1.29 is 9.53 Å². The molecule has 0 saturated carbocycles. The van der Waals surface area contributed by atoms with Crippen molar-refractivity contribution in [2.75, 3.05) is 18.2 Å². The van der Waals surface area contributed by atoms with Crippen LogP contribution in [0.25, 0.3) is 0 Å². The first-order valence-electron chi connectivity index (χ1n) is 6.60. The first-order chi connectivity index (χ1) is 9.10. The van der Waals surface area contributed by atoms with Crippen LogP contribution < -0.4 is 5.32 Å². The molecule has 0 radical (unpaired) electrons. The standard InChI is InChI=1S/C14H22N2O2S/c1-5-7-19-13-9-11(14(17)18-4)8-12(16-13)15-10(3)6-2/h8-10H,5-7H2,1-4H3,(H,15,16)/t10-/m0/s1. The van der Waals surface area contributed by atoms with Crippen LogP contribution in [-0.4, -0.2) is 29.9 Å². The van der Waals surface area contributed by atoms with Gasteiger partial charge in [0.2, 0.25) is 0 Å². The van der Waals surface area contributed by atoms with Gasteiger partial charge in [-0.3, -0.25) is 0 Å². The van der Waals surface area contributed by atoms with E-state index in [0.29, 0.717) is 11.6 Å². The van der Waals surface area contributed by atoms with Crippen molar-refractivity contribution in [3.63, 3.8) is 0 Å². The second kappa shape index (κ2) is 8.04. The summed E-state index contributed by atoms with van der Waals surface area (Å²) in [4.78, 5) is 16.2. The fourth-order valence-electron chi connectivity index (χ4n) is 1.45. The summed E-state index contributed by atoms with van der Waals surface area (Å²) in [5, 5.41) is 4.15. The highest BCUT2D eigenvalue weighted by atomic mass is 32.2. The highest BCUT2D eigenvalue weighted by Crippen LogP contribution is 2.22. The first-order valence-corrected chi connectivity index (χ1v) is 7.59.